The Balaban J connectivity index is 1.37. The van der Waals surface area contributed by atoms with E-state index in [1.165, 1.54) is 11.1 Å². The second kappa shape index (κ2) is 9.53. The lowest BCUT2D eigenvalue weighted by atomic mass is 10.0. The van der Waals surface area contributed by atoms with Gasteiger partial charge in [0, 0.05) is 41.7 Å². The third kappa shape index (κ3) is 4.47. The van der Waals surface area contributed by atoms with Gasteiger partial charge in [-0.15, -0.1) is 0 Å². The van der Waals surface area contributed by atoms with E-state index in [0.717, 1.165) is 23.9 Å². The molecule has 1 aliphatic carbocycles. The smallest absolute Gasteiger partial charge is 0.268 e. The summed E-state index contributed by atoms with van der Waals surface area (Å²) in [5.74, 6) is 0.437. The molecule has 38 heavy (non-hydrogen) atoms. The van der Waals surface area contributed by atoms with E-state index in [4.69, 9.17) is 4.74 Å². The molecule has 0 aliphatic heterocycles. The lowest BCUT2D eigenvalue weighted by molar-refractivity contribution is 0.398. The zero-order valence-electron chi connectivity index (χ0n) is 20.5. The Hall–Kier alpha value is -4.31. The molecule has 4 heterocycles. The summed E-state index contributed by atoms with van der Waals surface area (Å²) in [6.07, 6.45) is 6.98. The standard InChI is InChI=1S/C28H24FN5O3S/c1-37-25-12-10-21(16-31-25)32-24-11-9-19(28(29)33-24)15-20-17-34(38(35,36)22-5-3-2-4-6-22)23-13-14-30-27(26(20)23)18-7-8-18/h2-6,9-14,16-18H,7-8,15H2,1H3,(H,32,33). The van der Waals surface area contributed by atoms with E-state index >= 15 is 4.39 Å². The zero-order valence-corrected chi connectivity index (χ0v) is 21.3. The highest BCUT2D eigenvalue weighted by atomic mass is 32.2. The Morgan fingerprint density at radius 2 is 1.84 bits per heavy atom. The highest BCUT2D eigenvalue weighted by Gasteiger charge is 2.31. The van der Waals surface area contributed by atoms with E-state index in [0.29, 0.717) is 34.0 Å². The van der Waals surface area contributed by atoms with Crippen molar-refractivity contribution >= 4 is 32.4 Å². The zero-order chi connectivity index (χ0) is 26.3. The minimum atomic E-state index is -3.86. The largest absolute Gasteiger partial charge is 0.481 e. The van der Waals surface area contributed by atoms with Crippen LogP contribution in [0.5, 0.6) is 5.88 Å². The van der Waals surface area contributed by atoms with E-state index in [1.807, 2.05) is 0 Å². The first-order chi connectivity index (χ1) is 18.4. The molecule has 8 nitrogen and oxygen atoms in total. The predicted octanol–water partition coefficient (Wildman–Crippen LogP) is 5.42. The molecule has 0 atom stereocenters. The number of halogens is 1. The van der Waals surface area contributed by atoms with E-state index in [-0.39, 0.29) is 17.2 Å². The van der Waals surface area contributed by atoms with Gasteiger partial charge in [-0.2, -0.15) is 4.39 Å². The van der Waals surface area contributed by atoms with Crippen LogP contribution in [-0.4, -0.2) is 34.5 Å². The molecule has 1 aliphatic rings. The topological polar surface area (TPSA) is 99.0 Å². The average Bonchev–Trinajstić information content (AvgIpc) is 3.72. The molecule has 4 aromatic heterocycles. The minimum Gasteiger partial charge on any atom is -0.481 e. The normalized spacial score (nSPS) is 13.5. The number of hydrogen-bond acceptors (Lipinski definition) is 7. The first-order valence-electron chi connectivity index (χ1n) is 12.2. The fraction of sp³-hybridized carbons (Fsp3) is 0.179. The van der Waals surface area contributed by atoms with Gasteiger partial charge in [0.2, 0.25) is 11.8 Å². The molecule has 1 saturated carbocycles. The summed E-state index contributed by atoms with van der Waals surface area (Å²) in [6.45, 7) is 0. The van der Waals surface area contributed by atoms with Crippen LogP contribution in [-0.2, 0) is 16.4 Å². The lowest BCUT2D eigenvalue weighted by Crippen LogP contribution is -2.11. The fourth-order valence-electron chi connectivity index (χ4n) is 4.55. The second-order valence-corrected chi connectivity index (χ2v) is 11.0. The number of anilines is 2. The molecule has 0 unspecified atom stereocenters. The molecule has 192 valence electrons. The third-order valence-corrected chi connectivity index (χ3v) is 8.27. The molecule has 5 aromatic rings. The quantitative estimate of drug-likeness (QED) is 0.268. The SMILES string of the molecule is COc1ccc(Nc2ccc(Cc3cn(S(=O)(=O)c4ccccc4)c4ccnc(C5CC5)c34)c(F)n2)cn1. The molecule has 1 aromatic carbocycles. The molecule has 1 fully saturated rings. The van der Waals surface area contributed by atoms with Crippen molar-refractivity contribution in [2.45, 2.75) is 30.1 Å². The van der Waals surface area contributed by atoms with Gasteiger partial charge < -0.3 is 10.1 Å². The molecule has 10 heteroatoms. The lowest BCUT2D eigenvalue weighted by Gasteiger charge is -2.09. The first-order valence-corrected chi connectivity index (χ1v) is 13.6. The maximum atomic E-state index is 15.2. The predicted molar refractivity (Wildman–Crippen MR) is 142 cm³/mol. The van der Waals surface area contributed by atoms with Gasteiger partial charge in [0.15, 0.2) is 0 Å². The maximum Gasteiger partial charge on any atom is 0.268 e. The molecule has 6 rings (SSSR count). The van der Waals surface area contributed by atoms with Crippen LogP contribution in [0.3, 0.4) is 0 Å². The molecule has 0 bridgehead atoms. The summed E-state index contributed by atoms with van der Waals surface area (Å²) in [5, 5.41) is 3.79. The number of fused-ring (bicyclic) bond motifs is 1. The number of aromatic nitrogens is 4. The molecule has 0 amide bonds. The molecule has 0 spiro atoms. The van der Waals surface area contributed by atoms with E-state index in [9.17, 15) is 8.42 Å². The summed E-state index contributed by atoms with van der Waals surface area (Å²) in [7, 11) is -2.33. The Kier molecular flexibility index (Phi) is 6.03. The van der Waals surface area contributed by atoms with Gasteiger partial charge >= 0.3 is 0 Å². The van der Waals surface area contributed by atoms with Crippen LogP contribution in [0.15, 0.2) is 84.1 Å². The van der Waals surface area contributed by atoms with Gasteiger partial charge in [-0.25, -0.2) is 22.4 Å². The first kappa shape index (κ1) is 24.1. The van der Waals surface area contributed by atoms with Crippen LogP contribution in [0.2, 0.25) is 0 Å². The summed E-state index contributed by atoms with van der Waals surface area (Å²) in [4.78, 5) is 13.0. The molecular weight excluding hydrogens is 505 g/mol. The Morgan fingerprint density at radius 3 is 2.53 bits per heavy atom. The van der Waals surface area contributed by atoms with Crippen LogP contribution in [0.4, 0.5) is 15.9 Å². The monoisotopic (exact) mass is 529 g/mol. The van der Waals surface area contributed by atoms with Gasteiger partial charge in [-0.05, 0) is 48.7 Å². The number of rotatable bonds is 8. The Bertz CT molecular complexity index is 1730. The minimum absolute atomic E-state index is 0.169. The van der Waals surface area contributed by atoms with Gasteiger partial charge in [0.25, 0.3) is 10.0 Å². The Morgan fingerprint density at radius 1 is 1.03 bits per heavy atom. The number of ether oxygens (including phenoxy) is 1. The fourth-order valence-corrected chi connectivity index (χ4v) is 5.96. The molecule has 1 N–H and O–H groups in total. The number of methoxy groups -OCH3 is 1. The van der Waals surface area contributed by atoms with E-state index in [1.54, 1.807) is 79.3 Å². The van der Waals surface area contributed by atoms with Crippen LogP contribution in [0, 0.1) is 5.95 Å². The van der Waals surface area contributed by atoms with Crippen LogP contribution in [0.25, 0.3) is 10.9 Å². The van der Waals surface area contributed by atoms with Gasteiger partial charge in [0.05, 0.1) is 35.1 Å². The Labute approximate surface area is 219 Å². The van der Waals surface area contributed by atoms with Crippen molar-refractivity contribution in [3.05, 3.63) is 102 Å². The number of benzene rings is 1. The van der Waals surface area contributed by atoms with Crippen molar-refractivity contribution in [3.63, 3.8) is 0 Å². The summed E-state index contributed by atoms with van der Waals surface area (Å²) in [6, 6.07) is 16.8. The van der Waals surface area contributed by atoms with Crippen LogP contribution < -0.4 is 10.1 Å². The van der Waals surface area contributed by atoms with E-state index < -0.39 is 16.0 Å². The molecule has 0 saturated heterocycles. The molecule has 0 radical (unpaired) electrons. The van der Waals surface area contributed by atoms with Crippen molar-refractivity contribution in [1.29, 1.82) is 0 Å². The van der Waals surface area contributed by atoms with Crippen LogP contribution in [0.1, 0.15) is 35.6 Å². The number of pyridine rings is 3. The van der Waals surface area contributed by atoms with Gasteiger partial charge in [0.1, 0.15) is 5.82 Å². The van der Waals surface area contributed by atoms with Gasteiger partial charge in [-0.3, -0.25) is 4.98 Å². The van der Waals surface area contributed by atoms with Crippen LogP contribution >= 0.6 is 0 Å². The van der Waals surface area contributed by atoms with Crippen molar-refractivity contribution in [2.24, 2.45) is 0 Å². The number of nitrogens with zero attached hydrogens (tertiary/aromatic N) is 4. The van der Waals surface area contributed by atoms with Crippen molar-refractivity contribution < 1.29 is 17.5 Å². The average molecular weight is 530 g/mol. The van der Waals surface area contributed by atoms with Crippen molar-refractivity contribution in [3.8, 4) is 5.88 Å². The highest BCUT2D eigenvalue weighted by molar-refractivity contribution is 7.90. The van der Waals surface area contributed by atoms with Gasteiger partial charge in [-0.1, -0.05) is 24.3 Å². The summed E-state index contributed by atoms with van der Waals surface area (Å²) in [5.41, 5.74) is 3.08. The maximum absolute atomic E-state index is 15.2. The number of nitrogens with one attached hydrogen (secondary N) is 1. The summed E-state index contributed by atoms with van der Waals surface area (Å²) < 4.78 is 48.7. The molecular formula is C28H24FN5O3S. The van der Waals surface area contributed by atoms with E-state index in [2.05, 4.69) is 20.3 Å². The second-order valence-electron chi connectivity index (χ2n) is 9.17. The number of hydrogen-bond donors (Lipinski definition) is 1. The highest BCUT2D eigenvalue weighted by Crippen LogP contribution is 2.44. The summed E-state index contributed by atoms with van der Waals surface area (Å²) >= 11 is 0. The van der Waals surface area contributed by atoms with Crippen molar-refractivity contribution in [2.75, 3.05) is 12.4 Å². The van der Waals surface area contributed by atoms with Crippen molar-refractivity contribution in [1.82, 2.24) is 18.9 Å². The third-order valence-electron chi connectivity index (χ3n) is 6.58.